The first-order chi connectivity index (χ1) is 7.21. The molecule has 0 aliphatic carbocycles. The summed E-state index contributed by atoms with van der Waals surface area (Å²) in [6.07, 6.45) is 0.0508. The third-order valence-electron chi connectivity index (χ3n) is 1.79. The monoisotopic (exact) mass is 206 g/mol. The lowest BCUT2D eigenvalue weighted by atomic mass is 10.2. The Morgan fingerprint density at radius 1 is 1.53 bits per heavy atom. The van der Waals surface area contributed by atoms with Crippen molar-refractivity contribution < 1.29 is 14.3 Å². The molecule has 0 N–H and O–H groups in total. The summed E-state index contributed by atoms with van der Waals surface area (Å²) in [6.45, 7) is 0. The van der Waals surface area contributed by atoms with E-state index >= 15 is 0 Å². The number of nitriles is 1. The molecule has 0 aliphatic rings. The fourth-order valence-corrected chi connectivity index (χ4v) is 1.05. The topological polar surface area (TPSA) is 72.2 Å². The van der Waals surface area contributed by atoms with Crippen molar-refractivity contribution in [1.82, 2.24) is 4.98 Å². The second kappa shape index (κ2) is 4.96. The van der Waals surface area contributed by atoms with E-state index in [4.69, 9.17) is 10.00 Å². The standard InChI is InChI=1S/C10H10N2O3/c1-14-9-4-3-7(5-10(13)15-2)12-8(9)6-11/h3-4H,5H2,1-2H3. The molecule has 0 aliphatic heterocycles. The van der Waals surface area contributed by atoms with E-state index in [9.17, 15) is 4.79 Å². The van der Waals surface area contributed by atoms with Gasteiger partial charge in [0.25, 0.3) is 0 Å². The maximum Gasteiger partial charge on any atom is 0.311 e. The van der Waals surface area contributed by atoms with Crippen molar-refractivity contribution in [1.29, 1.82) is 5.26 Å². The van der Waals surface area contributed by atoms with Gasteiger partial charge < -0.3 is 9.47 Å². The molecule has 1 aromatic rings. The van der Waals surface area contributed by atoms with Crippen LogP contribution in [-0.4, -0.2) is 25.2 Å². The number of methoxy groups -OCH3 is 2. The van der Waals surface area contributed by atoms with Gasteiger partial charge in [-0.2, -0.15) is 5.26 Å². The van der Waals surface area contributed by atoms with Crippen molar-refractivity contribution >= 4 is 5.97 Å². The lowest BCUT2D eigenvalue weighted by molar-refractivity contribution is -0.139. The minimum Gasteiger partial charge on any atom is -0.494 e. The van der Waals surface area contributed by atoms with Crippen molar-refractivity contribution in [2.24, 2.45) is 0 Å². The van der Waals surface area contributed by atoms with Crippen LogP contribution in [0.25, 0.3) is 0 Å². The third-order valence-corrected chi connectivity index (χ3v) is 1.79. The molecule has 0 spiro atoms. The van der Waals surface area contributed by atoms with Crippen LogP contribution in [0.15, 0.2) is 12.1 Å². The average Bonchev–Trinajstić information content (AvgIpc) is 2.28. The summed E-state index contributed by atoms with van der Waals surface area (Å²) in [7, 11) is 2.76. The average molecular weight is 206 g/mol. The van der Waals surface area contributed by atoms with E-state index in [0.29, 0.717) is 11.4 Å². The van der Waals surface area contributed by atoms with Gasteiger partial charge in [-0.3, -0.25) is 4.79 Å². The molecule has 5 nitrogen and oxygen atoms in total. The van der Waals surface area contributed by atoms with Gasteiger partial charge >= 0.3 is 5.97 Å². The first kappa shape index (κ1) is 11.0. The second-order valence-electron chi connectivity index (χ2n) is 2.72. The van der Waals surface area contributed by atoms with Gasteiger partial charge in [0.05, 0.1) is 26.3 Å². The first-order valence-electron chi connectivity index (χ1n) is 4.22. The first-order valence-corrected chi connectivity index (χ1v) is 4.22. The third kappa shape index (κ3) is 2.68. The number of rotatable bonds is 3. The van der Waals surface area contributed by atoms with Gasteiger partial charge in [0.1, 0.15) is 6.07 Å². The molecule has 0 fully saturated rings. The SMILES string of the molecule is COC(=O)Cc1ccc(OC)c(C#N)n1. The molecule has 5 heteroatoms. The summed E-state index contributed by atoms with van der Waals surface area (Å²) >= 11 is 0. The maximum absolute atomic E-state index is 11.0. The molecule has 0 amide bonds. The Morgan fingerprint density at radius 3 is 2.80 bits per heavy atom. The van der Waals surface area contributed by atoms with Crippen LogP contribution in [-0.2, 0) is 16.0 Å². The maximum atomic E-state index is 11.0. The molecule has 0 radical (unpaired) electrons. The second-order valence-corrected chi connectivity index (χ2v) is 2.72. The van der Waals surface area contributed by atoms with Gasteiger partial charge in [-0.25, -0.2) is 4.98 Å². The van der Waals surface area contributed by atoms with Crippen molar-refractivity contribution in [2.75, 3.05) is 14.2 Å². The molecule has 78 valence electrons. The summed E-state index contributed by atoms with van der Waals surface area (Å²) in [5.41, 5.74) is 0.651. The summed E-state index contributed by atoms with van der Waals surface area (Å²) in [6, 6.07) is 5.11. The lowest BCUT2D eigenvalue weighted by Crippen LogP contribution is -2.07. The van der Waals surface area contributed by atoms with Crippen LogP contribution in [0.4, 0.5) is 0 Å². The summed E-state index contributed by atoms with van der Waals surface area (Å²) in [5, 5.41) is 8.76. The Bertz CT molecular complexity index is 410. The van der Waals surface area contributed by atoms with E-state index in [-0.39, 0.29) is 12.1 Å². The van der Waals surface area contributed by atoms with Crippen molar-refractivity contribution in [3.05, 3.63) is 23.5 Å². The van der Waals surface area contributed by atoms with Crippen molar-refractivity contribution in [3.8, 4) is 11.8 Å². The Hall–Kier alpha value is -2.09. The molecule has 0 saturated carbocycles. The van der Waals surface area contributed by atoms with Crippen LogP contribution >= 0.6 is 0 Å². The fraction of sp³-hybridized carbons (Fsp3) is 0.300. The van der Waals surface area contributed by atoms with Crippen LogP contribution < -0.4 is 4.74 Å². The number of hydrogen-bond acceptors (Lipinski definition) is 5. The number of aromatic nitrogens is 1. The van der Waals surface area contributed by atoms with Gasteiger partial charge in [-0.1, -0.05) is 0 Å². The fourth-order valence-electron chi connectivity index (χ4n) is 1.05. The van der Waals surface area contributed by atoms with Crippen LogP contribution in [0.5, 0.6) is 5.75 Å². The van der Waals surface area contributed by atoms with E-state index < -0.39 is 5.97 Å². The van der Waals surface area contributed by atoms with Crippen LogP contribution in [0.1, 0.15) is 11.4 Å². The lowest BCUT2D eigenvalue weighted by Gasteiger charge is -2.03. The van der Waals surface area contributed by atoms with E-state index in [1.807, 2.05) is 6.07 Å². The smallest absolute Gasteiger partial charge is 0.311 e. The quantitative estimate of drug-likeness (QED) is 0.680. The van der Waals surface area contributed by atoms with Crippen LogP contribution in [0.3, 0.4) is 0 Å². The predicted octanol–water partition coefficient (Wildman–Crippen LogP) is 0.677. The Kier molecular flexibility index (Phi) is 3.63. The normalized spacial score (nSPS) is 9.13. The molecule has 0 bridgehead atoms. The number of carbonyl (C=O) groups excluding carboxylic acids is 1. The van der Waals surface area contributed by atoms with E-state index in [2.05, 4.69) is 9.72 Å². The van der Waals surface area contributed by atoms with Crippen LogP contribution in [0, 0.1) is 11.3 Å². The highest BCUT2D eigenvalue weighted by molar-refractivity contribution is 5.71. The van der Waals surface area contributed by atoms with Gasteiger partial charge in [0.15, 0.2) is 11.4 Å². The minimum atomic E-state index is -0.392. The van der Waals surface area contributed by atoms with Crippen molar-refractivity contribution in [3.63, 3.8) is 0 Å². The zero-order chi connectivity index (χ0) is 11.3. The number of pyridine rings is 1. The largest absolute Gasteiger partial charge is 0.494 e. The molecule has 0 unspecified atom stereocenters. The highest BCUT2D eigenvalue weighted by Crippen LogP contribution is 2.15. The molecule has 1 heterocycles. The Balaban J connectivity index is 2.94. The van der Waals surface area contributed by atoms with E-state index in [0.717, 1.165) is 0 Å². The van der Waals surface area contributed by atoms with Crippen LogP contribution in [0.2, 0.25) is 0 Å². The number of ether oxygens (including phenoxy) is 2. The summed E-state index contributed by atoms with van der Waals surface area (Å²) in [5.74, 6) is 0.00247. The summed E-state index contributed by atoms with van der Waals surface area (Å²) < 4.78 is 9.41. The number of nitrogens with zero attached hydrogens (tertiary/aromatic N) is 2. The highest BCUT2D eigenvalue weighted by Gasteiger charge is 2.08. The van der Waals surface area contributed by atoms with E-state index in [1.54, 1.807) is 12.1 Å². The number of esters is 1. The molecule has 1 aromatic heterocycles. The number of carbonyl (C=O) groups is 1. The molecule has 0 saturated heterocycles. The highest BCUT2D eigenvalue weighted by atomic mass is 16.5. The molecule has 15 heavy (non-hydrogen) atoms. The zero-order valence-electron chi connectivity index (χ0n) is 8.48. The molecular weight excluding hydrogens is 196 g/mol. The molecular formula is C10H10N2O3. The van der Waals surface area contributed by atoms with Gasteiger partial charge in [-0.05, 0) is 12.1 Å². The molecule has 0 atom stereocenters. The predicted molar refractivity (Wildman–Crippen MR) is 51.2 cm³/mol. The minimum absolute atomic E-state index is 0.0508. The molecule has 0 aromatic carbocycles. The zero-order valence-corrected chi connectivity index (χ0v) is 8.48. The summed E-state index contributed by atoms with van der Waals surface area (Å²) in [4.78, 5) is 14.9. The Labute approximate surface area is 87.3 Å². The molecule has 1 rings (SSSR count). The van der Waals surface area contributed by atoms with Gasteiger partial charge in [0, 0.05) is 0 Å². The van der Waals surface area contributed by atoms with Gasteiger partial charge in [-0.15, -0.1) is 0 Å². The number of hydrogen-bond donors (Lipinski definition) is 0. The van der Waals surface area contributed by atoms with Gasteiger partial charge in [0.2, 0.25) is 0 Å². The van der Waals surface area contributed by atoms with Crippen molar-refractivity contribution in [2.45, 2.75) is 6.42 Å². The van der Waals surface area contributed by atoms with E-state index in [1.165, 1.54) is 14.2 Å². The Morgan fingerprint density at radius 2 is 2.27 bits per heavy atom.